The number of esters is 1. The van der Waals surface area contributed by atoms with Crippen molar-refractivity contribution in [2.45, 2.75) is 26.1 Å². The van der Waals surface area contributed by atoms with Gasteiger partial charge in [-0.1, -0.05) is 6.07 Å². The minimum Gasteiger partial charge on any atom is -0.425 e. The molecule has 92 valence electrons. The lowest BCUT2D eigenvalue weighted by molar-refractivity contribution is -0.167. The van der Waals surface area contributed by atoms with Crippen LogP contribution in [0.4, 0.5) is 4.79 Å². The number of rotatable bonds is 4. The molecule has 1 heterocycles. The van der Waals surface area contributed by atoms with Gasteiger partial charge in [-0.15, -0.1) is 0 Å². The van der Waals surface area contributed by atoms with Crippen LogP contribution in [-0.2, 0) is 14.3 Å². The van der Waals surface area contributed by atoms with Crippen LogP contribution in [0, 0.1) is 0 Å². The summed E-state index contributed by atoms with van der Waals surface area (Å²) in [4.78, 5) is 25.7. The fraction of sp³-hybridized carbons (Fsp3) is 0.364. The van der Waals surface area contributed by atoms with E-state index >= 15 is 0 Å². The second-order valence-electron chi connectivity index (χ2n) is 3.46. The molecule has 6 heteroatoms. The number of amides is 1. The average Bonchev–Trinajstić information content (AvgIpc) is 2.27. The Bertz CT molecular complexity index is 378. The number of hydrogen-bond acceptors (Lipinski definition) is 5. The van der Waals surface area contributed by atoms with Crippen LogP contribution in [0.3, 0.4) is 0 Å². The molecular weight excluding hydrogens is 224 g/mol. The van der Waals surface area contributed by atoms with Crippen LogP contribution in [0.5, 0.6) is 0 Å². The van der Waals surface area contributed by atoms with Crippen LogP contribution < -0.4 is 5.73 Å². The minimum absolute atomic E-state index is 0.396. The van der Waals surface area contributed by atoms with Crippen LogP contribution in [0.15, 0.2) is 24.4 Å². The first-order valence-corrected chi connectivity index (χ1v) is 5.05. The molecule has 0 aliphatic rings. The second-order valence-corrected chi connectivity index (χ2v) is 3.46. The molecule has 1 amide bonds. The largest absolute Gasteiger partial charge is 0.425 e. The number of primary amides is 1. The maximum absolute atomic E-state index is 10.9. The van der Waals surface area contributed by atoms with Crippen LogP contribution in [0.1, 0.15) is 25.5 Å². The Morgan fingerprint density at radius 1 is 1.35 bits per heavy atom. The van der Waals surface area contributed by atoms with Gasteiger partial charge in [-0.3, -0.25) is 9.78 Å². The Kier molecular flexibility index (Phi) is 4.45. The van der Waals surface area contributed by atoms with Crippen molar-refractivity contribution in [1.29, 1.82) is 0 Å². The summed E-state index contributed by atoms with van der Waals surface area (Å²) in [5.41, 5.74) is 5.55. The first-order chi connectivity index (χ1) is 8.00. The number of carbonyl (C=O) groups excluding carboxylic acids is 2. The molecule has 0 saturated heterocycles. The molecule has 0 aliphatic heterocycles. The smallest absolute Gasteiger partial charge is 0.407 e. The van der Waals surface area contributed by atoms with E-state index in [0.29, 0.717) is 5.69 Å². The van der Waals surface area contributed by atoms with Gasteiger partial charge in [0.15, 0.2) is 0 Å². The highest BCUT2D eigenvalue weighted by Crippen LogP contribution is 2.20. The van der Waals surface area contributed by atoms with E-state index in [1.807, 2.05) is 0 Å². The van der Waals surface area contributed by atoms with E-state index in [2.05, 4.69) is 4.98 Å². The summed E-state index contributed by atoms with van der Waals surface area (Å²) in [7, 11) is 0. The van der Waals surface area contributed by atoms with Gasteiger partial charge in [-0.2, -0.15) is 0 Å². The van der Waals surface area contributed by atoms with Gasteiger partial charge >= 0.3 is 12.1 Å². The average molecular weight is 238 g/mol. The quantitative estimate of drug-likeness (QED) is 0.628. The first-order valence-electron chi connectivity index (χ1n) is 5.05. The van der Waals surface area contributed by atoms with Crippen molar-refractivity contribution >= 4 is 12.1 Å². The van der Waals surface area contributed by atoms with E-state index in [1.165, 1.54) is 6.92 Å². The zero-order chi connectivity index (χ0) is 12.8. The summed E-state index contributed by atoms with van der Waals surface area (Å²) in [5, 5.41) is 0. The van der Waals surface area contributed by atoms with Crippen molar-refractivity contribution < 1.29 is 19.1 Å². The number of ether oxygens (including phenoxy) is 2. The molecule has 2 N–H and O–H groups in total. The number of pyridine rings is 1. The lowest BCUT2D eigenvalue weighted by atomic mass is 10.1. The Morgan fingerprint density at radius 3 is 2.53 bits per heavy atom. The highest BCUT2D eigenvalue weighted by Gasteiger charge is 2.25. The van der Waals surface area contributed by atoms with Crippen LogP contribution in [0.25, 0.3) is 0 Å². The predicted molar refractivity (Wildman–Crippen MR) is 58.9 cm³/mol. The van der Waals surface area contributed by atoms with Crippen molar-refractivity contribution in [1.82, 2.24) is 4.98 Å². The fourth-order valence-electron chi connectivity index (χ4n) is 1.29. The molecule has 1 aromatic heterocycles. The van der Waals surface area contributed by atoms with Gasteiger partial charge in [0.05, 0.1) is 11.6 Å². The van der Waals surface area contributed by atoms with Crippen LogP contribution >= 0.6 is 0 Å². The van der Waals surface area contributed by atoms with Gasteiger partial charge in [0.1, 0.15) is 0 Å². The maximum Gasteiger partial charge on any atom is 0.407 e. The Labute approximate surface area is 98.7 Å². The zero-order valence-corrected chi connectivity index (χ0v) is 9.62. The number of nitrogens with zero attached hydrogens (tertiary/aromatic N) is 1. The summed E-state index contributed by atoms with van der Waals surface area (Å²) in [5.74, 6) is -0.952. The number of nitrogens with two attached hydrogens (primary N) is 1. The third-order valence-electron chi connectivity index (χ3n) is 2.08. The molecule has 0 aromatic carbocycles. The summed E-state index contributed by atoms with van der Waals surface area (Å²) in [6.45, 7) is 2.95. The molecular formula is C11H14N2O4. The third kappa shape index (κ3) is 4.10. The SMILES string of the molecule is CC(=O)OC(OC(N)=O)C(C)c1ccccn1. The lowest BCUT2D eigenvalue weighted by Gasteiger charge is -2.21. The zero-order valence-electron chi connectivity index (χ0n) is 9.62. The molecule has 1 aromatic rings. The summed E-state index contributed by atoms with van der Waals surface area (Å²) >= 11 is 0. The normalized spacial score (nSPS) is 13.5. The summed E-state index contributed by atoms with van der Waals surface area (Å²) in [6.07, 6.45) is -0.472. The van der Waals surface area contributed by atoms with Crippen molar-refractivity contribution in [3.63, 3.8) is 0 Å². The van der Waals surface area contributed by atoms with Crippen molar-refractivity contribution in [2.75, 3.05) is 0 Å². The third-order valence-corrected chi connectivity index (χ3v) is 2.08. The molecule has 1 rings (SSSR count). The highest BCUT2D eigenvalue weighted by molar-refractivity contribution is 5.67. The van der Waals surface area contributed by atoms with Crippen LogP contribution in [0.2, 0.25) is 0 Å². The molecule has 2 unspecified atom stereocenters. The van der Waals surface area contributed by atoms with E-state index in [0.717, 1.165) is 0 Å². The molecule has 0 aliphatic carbocycles. The topological polar surface area (TPSA) is 91.5 Å². The van der Waals surface area contributed by atoms with E-state index < -0.39 is 24.3 Å². The second kappa shape index (κ2) is 5.83. The van der Waals surface area contributed by atoms with Crippen molar-refractivity contribution in [2.24, 2.45) is 5.73 Å². The summed E-state index contributed by atoms with van der Waals surface area (Å²) < 4.78 is 9.61. The van der Waals surface area contributed by atoms with Gasteiger partial charge < -0.3 is 15.2 Å². The molecule has 0 spiro atoms. The van der Waals surface area contributed by atoms with Gasteiger partial charge in [-0.05, 0) is 19.1 Å². The van der Waals surface area contributed by atoms with Gasteiger partial charge in [0, 0.05) is 13.1 Å². The standard InChI is InChI=1S/C11H14N2O4/c1-7(9-5-3-4-6-13-9)10(16-8(2)14)17-11(12)15/h3-7,10H,1-2H3,(H2,12,15). The minimum atomic E-state index is -1.07. The number of carbonyl (C=O) groups is 2. The maximum atomic E-state index is 10.9. The van der Waals surface area contributed by atoms with Gasteiger partial charge in [-0.25, -0.2) is 4.79 Å². The molecule has 2 atom stereocenters. The highest BCUT2D eigenvalue weighted by atomic mass is 16.7. The predicted octanol–water partition coefficient (Wildman–Crippen LogP) is 1.17. The molecule has 17 heavy (non-hydrogen) atoms. The van der Waals surface area contributed by atoms with E-state index in [1.54, 1.807) is 31.3 Å². The van der Waals surface area contributed by atoms with Crippen LogP contribution in [-0.4, -0.2) is 23.3 Å². The van der Waals surface area contributed by atoms with Crippen molar-refractivity contribution in [3.8, 4) is 0 Å². The van der Waals surface area contributed by atoms with Gasteiger partial charge in [0.2, 0.25) is 0 Å². The first kappa shape index (κ1) is 13.0. The molecule has 0 fully saturated rings. The summed E-state index contributed by atoms with van der Waals surface area (Å²) in [6, 6.07) is 5.28. The van der Waals surface area contributed by atoms with E-state index in [-0.39, 0.29) is 0 Å². The van der Waals surface area contributed by atoms with E-state index in [9.17, 15) is 9.59 Å². The van der Waals surface area contributed by atoms with Gasteiger partial charge in [0.25, 0.3) is 6.29 Å². The van der Waals surface area contributed by atoms with E-state index in [4.69, 9.17) is 15.2 Å². The molecule has 0 radical (unpaired) electrons. The number of aromatic nitrogens is 1. The van der Waals surface area contributed by atoms with Crippen molar-refractivity contribution in [3.05, 3.63) is 30.1 Å². The monoisotopic (exact) mass is 238 g/mol. The Hall–Kier alpha value is -2.11. The number of hydrogen-bond donors (Lipinski definition) is 1. The Morgan fingerprint density at radius 2 is 2.06 bits per heavy atom. The fourth-order valence-corrected chi connectivity index (χ4v) is 1.29. The Balaban J connectivity index is 2.82. The molecule has 0 bridgehead atoms. The molecule has 6 nitrogen and oxygen atoms in total. The molecule has 0 saturated carbocycles. The lowest BCUT2D eigenvalue weighted by Crippen LogP contribution is -2.31.